The van der Waals surface area contributed by atoms with Crippen molar-refractivity contribution in [1.29, 1.82) is 0 Å². The summed E-state index contributed by atoms with van der Waals surface area (Å²) in [4.78, 5) is 11.5. The molecule has 5 heteroatoms. The molecule has 1 unspecified atom stereocenters. The standard InChI is InChI=1S/C14H30N4.HI/c1-13(12-18-9-7-6-8-10-18)11-15-14(16(2)3)17(4)5;/h13H,6-12H2,1-5H3;1H. The molecule has 0 aromatic rings. The zero-order valence-corrected chi connectivity index (χ0v) is 15.6. The predicted molar refractivity (Wildman–Crippen MR) is 94.5 cm³/mol. The first kappa shape index (κ1) is 19.0. The molecule has 0 bridgehead atoms. The molecule has 1 aliphatic heterocycles. The Morgan fingerprint density at radius 2 is 1.58 bits per heavy atom. The molecule has 0 aliphatic carbocycles. The largest absolute Gasteiger partial charge is 0.349 e. The molecule has 1 fully saturated rings. The lowest BCUT2D eigenvalue weighted by Gasteiger charge is -2.29. The molecule has 1 atom stereocenters. The molecular weight excluding hydrogens is 351 g/mol. The summed E-state index contributed by atoms with van der Waals surface area (Å²) in [7, 11) is 8.20. The molecular formula is C14H31IN4. The summed E-state index contributed by atoms with van der Waals surface area (Å²) in [6, 6.07) is 0. The smallest absolute Gasteiger partial charge is 0.195 e. The van der Waals surface area contributed by atoms with E-state index in [0.29, 0.717) is 5.92 Å². The van der Waals surface area contributed by atoms with E-state index in [1.165, 1.54) is 38.9 Å². The van der Waals surface area contributed by atoms with Crippen LogP contribution in [-0.2, 0) is 0 Å². The first-order valence-corrected chi connectivity index (χ1v) is 7.12. The molecule has 1 aliphatic rings. The maximum absolute atomic E-state index is 4.73. The Balaban J connectivity index is 0.00000324. The monoisotopic (exact) mass is 382 g/mol. The van der Waals surface area contributed by atoms with E-state index in [-0.39, 0.29) is 24.0 Å². The Morgan fingerprint density at radius 1 is 1.05 bits per heavy atom. The summed E-state index contributed by atoms with van der Waals surface area (Å²) in [6.45, 7) is 6.98. The Bertz CT molecular complexity index is 250. The van der Waals surface area contributed by atoms with Crippen molar-refractivity contribution in [2.75, 3.05) is 54.4 Å². The molecule has 114 valence electrons. The topological polar surface area (TPSA) is 22.1 Å². The van der Waals surface area contributed by atoms with Gasteiger partial charge in [0.25, 0.3) is 0 Å². The molecule has 0 amide bonds. The van der Waals surface area contributed by atoms with Gasteiger partial charge in [0.2, 0.25) is 0 Å². The highest BCUT2D eigenvalue weighted by molar-refractivity contribution is 14.0. The second-order valence-corrected chi connectivity index (χ2v) is 5.90. The number of guanidine groups is 1. The van der Waals surface area contributed by atoms with Crippen molar-refractivity contribution in [1.82, 2.24) is 14.7 Å². The van der Waals surface area contributed by atoms with Crippen LogP contribution in [0.2, 0.25) is 0 Å². The van der Waals surface area contributed by atoms with Crippen molar-refractivity contribution in [3.8, 4) is 0 Å². The van der Waals surface area contributed by atoms with E-state index in [9.17, 15) is 0 Å². The number of hydrogen-bond donors (Lipinski definition) is 0. The van der Waals surface area contributed by atoms with Gasteiger partial charge in [0.1, 0.15) is 0 Å². The van der Waals surface area contributed by atoms with Gasteiger partial charge in [-0.3, -0.25) is 4.99 Å². The van der Waals surface area contributed by atoms with Gasteiger partial charge in [-0.1, -0.05) is 13.3 Å². The van der Waals surface area contributed by atoms with E-state index in [1.54, 1.807) is 0 Å². The Labute approximate surface area is 136 Å². The van der Waals surface area contributed by atoms with Crippen LogP contribution >= 0.6 is 24.0 Å². The average molecular weight is 382 g/mol. The van der Waals surface area contributed by atoms with Gasteiger partial charge in [0.05, 0.1) is 0 Å². The summed E-state index contributed by atoms with van der Waals surface area (Å²) >= 11 is 0. The summed E-state index contributed by atoms with van der Waals surface area (Å²) < 4.78 is 0. The average Bonchev–Trinajstić information content (AvgIpc) is 2.29. The second-order valence-electron chi connectivity index (χ2n) is 5.90. The lowest BCUT2D eigenvalue weighted by molar-refractivity contribution is 0.202. The SMILES string of the molecule is CC(CN=C(N(C)C)N(C)C)CN1CCCCC1.I. The van der Waals surface area contributed by atoms with Gasteiger partial charge in [0, 0.05) is 41.3 Å². The zero-order valence-electron chi connectivity index (χ0n) is 13.2. The lowest BCUT2D eigenvalue weighted by atomic mass is 10.1. The van der Waals surface area contributed by atoms with Crippen LogP contribution in [0.5, 0.6) is 0 Å². The van der Waals surface area contributed by atoms with Crippen LogP contribution in [0.25, 0.3) is 0 Å². The third-order valence-electron chi connectivity index (χ3n) is 3.36. The van der Waals surface area contributed by atoms with Gasteiger partial charge in [0.15, 0.2) is 5.96 Å². The minimum Gasteiger partial charge on any atom is -0.349 e. The van der Waals surface area contributed by atoms with Gasteiger partial charge < -0.3 is 14.7 Å². The van der Waals surface area contributed by atoms with Gasteiger partial charge in [-0.2, -0.15) is 0 Å². The lowest BCUT2D eigenvalue weighted by Crippen LogP contribution is -2.37. The van der Waals surface area contributed by atoms with Crippen molar-refractivity contribution < 1.29 is 0 Å². The van der Waals surface area contributed by atoms with Gasteiger partial charge in [-0.15, -0.1) is 24.0 Å². The number of rotatable bonds is 4. The van der Waals surface area contributed by atoms with Crippen LogP contribution in [0.4, 0.5) is 0 Å². The normalized spacial score (nSPS) is 17.3. The van der Waals surface area contributed by atoms with Crippen LogP contribution in [0.15, 0.2) is 4.99 Å². The van der Waals surface area contributed by atoms with Crippen LogP contribution in [0.3, 0.4) is 0 Å². The molecule has 4 nitrogen and oxygen atoms in total. The summed E-state index contributed by atoms with van der Waals surface area (Å²) in [6.07, 6.45) is 4.15. The number of piperidine rings is 1. The minimum absolute atomic E-state index is 0. The Hall–Kier alpha value is -0.0400. The van der Waals surface area contributed by atoms with Crippen LogP contribution < -0.4 is 0 Å². The first-order valence-electron chi connectivity index (χ1n) is 7.12. The molecule has 0 radical (unpaired) electrons. The molecule has 1 heterocycles. The molecule has 1 rings (SSSR count). The fourth-order valence-electron chi connectivity index (χ4n) is 2.56. The fraction of sp³-hybridized carbons (Fsp3) is 0.929. The Kier molecular flexibility index (Phi) is 9.78. The van der Waals surface area contributed by atoms with Crippen molar-refractivity contribution in [2.24, 2.45) is 10.9 Å². The molecule has 0 spiro atoms. The number of hydrogen-bond acceptors (Lipinski definition) is 2. The summed E-state index contributed by atoms with van der Waals surface area (Å²) in [5, 5.41) is 0. The molecule has 0 N–H and O–H groups in total. The predicted octanol–water partition coefficient (Wildman–Crippen LogP) is 2.21. The van der Waals surface area contributed by atoms with Crippen LogP contribution in [0.1, 0.15) is 26.2 Å². The first-order chi connectivity index (χ1) is 8.50. The quantitative estimate of drug-likeness (QED) is 0.423. The molecule has 1 saturated heterocycles. The zero-order chi connectivity index (χ0) is 13.5. The third kappa shape index (κ3) is 7.34. The number of likely N-dealkylation sites (tertiary alicyclic amines) is 1. The van der Waals surface area contributed by atoms with E-state index in [0.717, 1.165) is 12.5 Å². The summed E-state index contributed by atoms with van der Waals surface area (Å²) in [5.74, 6) is 1.69. The van der Waals surface area contributed by atoms with E-state index in [2.05, 4.69) is 21.6 Å². The highest BCUT2D eigenvalue weighted by Crippen LogP contribution is 2.11. The number of nitrogens with zero attached hydrogens (tertiary/aromatic N) is 4. The Morgan fingerprint density at radius 3 is 2.05 bits per heavy atom. The number of halogens is 1. The van der Waals surface area contributed by atoms with Gasteiger partial charge >= 0.3 is 0 Å². The van der Waals surface area contributed by atoms with Gasteiger partial charge in [-0.05, 0) is 31.8 Å². The number of aliphatic imine (C=N–C) groups is 1. The van der Waals surface area contributed by atoms with Crippen LogP contribution in [0, 0.1) is 5.92 Å². The molecule has 0 aromatic heterocycles. The van der Waals surface area contributed by atoms with E-state index in [4.69, 9.17) is 4.99 Å². The highest BCUT2D eigenvalue weighted by atomic mass is 127. The van der Waals surface area contributed by atoms with E-state index in [1.807, 2.05) is 28.2 Å². The summed E-state index contributed by atoms with van der Waals surface area (Å²) in [5.41, 5.74) is 0. The molecule has 19 heavy (non-hydrogen) atoms. The van der Waals surface area contributed by atoms with E-state index < -0.39 is 0 Å². The van der Waals surface area contributed by atoms with Crippen molar-refractivity contribution in [3.05, 3.63) is 0 Å². The van der Waals surface area contributed by atoms with Crippen LogP contribution in [-0.4, -0.2) is 75.0 Å². The molecule has 0 saturated carbocycles. The fourth-order valence-corrected chi connectivity index (χ4v) is 2.56. The van der Waals surface area contributed by atoms with Crippen molar-refractivity contribution in [2.45, 2.75) is 26.2 Å². The van der Waals surface area contributed by atoms with E-state index >= 15 is 0 Å². The third-order valence-corrected chi connectivity index (χ3v) is 3.36. The molecule has 0 aromatic carbocycles. The van der Waals surface area contributed by atoms with Crippen molar-refractivity contribution in [3.63, 3.8) is 0 Å². The maximum atomic E-state index is 4.73. The minimum atomic E-state index is 0. The second kappa shape index (κ2) is 9.80. The van der Waals surface area contributed by atoms with Gasteiger partial charge in [-0.25, -0.2) is 0 Å². The maximum Gasteiger partial charge on any atom is 0.195 e. The highest BCUT2D eigenvalue weighted by Gasteiger charge is 2.13. The van der Waals surface area contributed by atoms with Crippen molar-refractivity contribution >= 4 is 29.9 Å².